The van der Waals surface area contributed by atoms with E-state index in [-0.39, 0.29) is 19.4 Å². The standard InChI is InChI=1S/C8H17N2O6P/c1-2-16-8(12)6(3-4-7(9)11)10-5-17(13,14)15/h6,10H,2-5H2,1H3,(H2,9,11)(H2,13,14,15). The van der Waals surface area contributed by atoms with Gasteiger partial charge < -0.3 is 20.3 Å². The van der Waals surface area contributed by atoms with Gasteiger partial charge in [-0.05, 0) is 13.3 Å². The van der Waals surface area contributed by atoms with E-state index in [9.17, 15) is 14.2 Å². The Bertz CT molecular complexity index is 315. The van der Waals surface area contributed by atoms with Gasteiger partial charge in [-0.25, -0.2) is 0 Å². The van der Waals surface area contributed by atoms with Crippen LogP contribution >= 0.6 is 7.60 Å². The summed E-state index contributed by atoms with van der Waals surface area (Å²) in [5, 5.41) is 2.35. The van der Waals surface area contributed by atoms with Crippen LogP contribution in [0.15, 0.2) is 0 Å². The van der Waals surface area contributed by atoms with Crippen molar-refractivity contribution in [2.24, 2.45) is 5.73 Å². The van der Waals surface area contributed by atoms with Crippen molar-refractivity contribution >= 4 is 19.5 Å². The molecule has 8 nitrogen and oxygen atoms in total. The molecular weight excluding hydrogens is 251 g/mol. The number of nitrogens with one attached hydrogen (secondary N) is 1. The maximum absolute atomic E-state index is 11.4. The van der Waals surface area contributed by atoms with E-state index in [0.29, 0.717) is 0 Å². The smallest absolute Gasteiger partial charge is 0.339 e. The molecule has 0 aliphatic heterocycles. The lowest BCUT2D eigenvalue weighted by molar-refractivity contribution is -0.145. The van der Waals surface area contributed by atoms with Gasteiger partial charge in [-0.2, -0.15) is 0 Å². The number of amides is 1. The number of hydrogen-bond acceptors (Lipinski definition) is 5. The summed E-state index contributed by atoms with van der Waals surface area (Å²) < 4.78 is 15.3. The highest BCUT2D eigenvalue weighted by molar-refractivity contribution is 7.51. The molecule has 0 rings (SSSR count). The third-order valence-electron chi connectivity index (χ3n) is 1.79. The maximum atomic E-state index is 11.4. The zero-order chi connectivity index (χ0) is 13.5. The summed E-state index contributed by atoms with van der Waals surface area (Å²) in [4.78, 5) is 39.3. The predicted octanol–water partition coefficient (Wildman–Crippen LogP) is -1.09. The maximum Gasteiger partial charge on any atom is 0.339 e. The molecule has 0 radical (unpaired) electrons. The number of carbonyl (C=O) groups is 2. The van der Waals surface area contributed by atoms with E-state index in [2.05, 4.69) is 5.32 Å². The third-order valence-corrected chi connectivity index (χ3v) is 2.39. The number of rotatable bonds is 8. The first-order valence-corrected chi connectivity index (χ1v) is 6.79. The summed E-state index contributed by atoms with van der Waals surface area (Å²) in [6.07, 6.45) is -0.693. The van der Waals surface area contributed by atoms with Crippen LogP contribution in [0.25, 0.3) is 0 Å². The lowest BCUT2D eigenvalue weighted by Gasteiger charge is -2.16. The average Bonchev–Trinajstić information content (AvgIpc) is 2.15. The first-order chi connectivity index (χ1) is 7.76. The predicted molar refractivity (Wildman–Crippen MR) is 58.9 cm³/mol. The van der Waals surface area contributed by atoms with Crippen LogP contribution in [0.2, 0.25) is 0 Å². The molecule has 0 aromatic rings. The zero-order valence-corrected chi connectivity index (χ0v) is 10.4. The van der Waals surface area contributed by atoms with Gasteiger partial charge in [0.05, 0.1) is 12.9 Å². The van der Waals surface area contributed by atoms with Gasteiger partial charge in [-0.1, -0.05) is 0 Å². The number of ether oxygens (including phenoxy) is 1. The number of esters is 1. The van der Waals surface area contributed by atoms with Crippen molar-refractivity contribution in [2.45, 2.75) is 25.8 Å². The van der Waals surface area contributed by atoms with Gasteiger partial charge in [0, 0.05) is 6.42 Å². The topological polar surface area (TPSA) is 139 Å². The molecule has 0 aliphatic rings. The summed E-state index contributed by atoms with van der Waals surface area (Å²) in [5.74, 6) is -1.26. The number of primary amides is 1. The van der Waals surface area contributed by atoms with Gasteiger partial charge in [0.15, 0.2) is 0 Å². The van der Waals surface area contributed by atoms with Crippen LogP contribution in [-0.4, -0.2) is 40.6 Å². The summed E-state index contributed by atoms with van der Waals surface area (Å²) in [5.41, 5.74) is 4.92. The van der Waals surface area contributed by atoms with Gasteiger partial charge in [0.1, 0.15) is 6.04 Å². The molecule has 100 valence electrons. The summed E-state index contributed by atoms with van der Waals surface area (Å²) in [6.45, 7) is 1.75. The van der Waals surface area contributed by atoms with Gasteiger partial charge in [-0.15, -0.1) is 0 Å². The van der Waals surface area contributed by atoms with Crippen molar-refractivity contribution in [1.82, 2.24) is 5.32 Å². The minimum absolute atomic E-state index is 0.0359. The molecule has 0 fully saturated rings. The van der Waals surface area contributed by atoms with E-state index >= 15 is 0 Å². The van der Waals surface area contributed by atoms with Crippen molar-refractivity contribution in [3.8, 4) is 0 Å². The Balaban J connectivity index is 4.34. The zero-order valence-electron chi connectivity index (χ0n) is 9.46. The highest BCUT2D eigenvalue weighted by Gasteiger charge is 2.23. The first kappa shape index (κ1) is 16.1. The van der Waals surface area contributed by atoms with Gasteiger partial charge in [0.25, 0.3) is 0 Å². The van der Waals surface area contributed by atoms with E-state index in [4.69, 9.17) is 20.3 Å². The second-order valence-corrected chi connectivity index (χ2v) is 4.98. The minimum atomic E-state index is -4.26. The second kappa shape index (κ2) is 7.39. The Kier molecular flexibility index (Phi) is 6.98. The Labute approximate surface area is 98.7 Å². The molecule has 9 heteroatoms. The molecule has 1 atom stereocenters. The van der Waals surface area contributed by atoms with Crippen molar-refractivity contribution in [2.75, 3.05) is 12.9 Å². The van der Waals surface area contributed by atoms with Crippen LogP contribution in [0.4, 0.5) is 0 Å². The van der Waals surface area contributed by atoms with Gasteiger partial charge in [0.2, 0.25) is 5.91 Å². The fourth-order valence-corrected chi connectivity index (χ4v) is 1.52. The van der Waals surface area contributed by atoms with Crippen LogP contribution < -0.4 is 11.1 Å². The van der Waals surface area contributed by atoms with Gasteiger partial charge >= 0.3 is 13.6 Å². The lowest BCUT2D eigenvalue weighted by atomic mass is 10.1. The van der Waals surface area contributed by atoms with Crippen molar-refractivity contribution in [1.29, 1.82) is 0 Å². The molecule has 0 aromatic carbocycles. The Morgan fingerprint density at radius 1 is 1.47 bits per heavy atom. The van der Waals surface area contributed by atoms with Crippen LogP contribution in [0.5, 0.6) is 0 Å². The normalized spacial score (nSPS) is 13.1. The fourth-order valence-electron chi connectivity index (χ4n) is 1.06. The summed E-state index contributed by atoms with van der Waals surface area (Å²) >= 11 is 0. The quantitative estimate of drug-likeness (QED) is 0.324. The monoisotopic (exact) mass is 268 g/mol. The molecule has 1 unspecified atom stereocenters. The third kappa shape index (κ3) is 8.82. The molecule has 1 amide bonds. The number of carbonyl (C=O) groups excluding carboxylic acids is 2. The molecular formula is C8H17N2O6P. The molecule has 0 spiro atoms. The van der Waals surface area contributed by atoms with Crippen molar-refractivity contribution in [3.63, 3.8) is 0 Å². The fraction of sp³-hybridized carbons (Fsp3) is 0.750. The summed E-state index contributed by atoms with van der Waals surface area (Å²) in [6, 6.07) is -0.949. The first-order valence-electron chi connectivity index (χ1n) is 4.99. The Hall–Kier alpha value is -0.950. The average molecular weight is 268 g/mol. The molecule has 0 aliphatic carbocycles. The lowest BCUT2D eigenvalue weighted by Crippen LogP contribution is -2.39. The summed E-state index contributed by atoms with van der Waals surface area (Å²) in [7, 11) is -4.26. The van der Waals surface area contributed by atoms with Crippen LogP contribution in [0.1, 0.15) is 19.8 Å². The minimum Gasteiger partial charge on any atom is -0.465 e. The Morgan fingerprint density at radius 3 is 2.47 bits per heavy atom. The molecule has 0 bridgehead atoms. The molecule has 0 aromatic heterocycles. The van der Waals surface area contributed by atoms with E-state index in [1.54, 1.807) is 6.92 Å². The molecule has 5 N–H and O–H groups in total. The van der Waals surface area contributed by atoms with Gasteiger partial charge in [-0.3, -0.25) is 19.5 Å². The highest BCUT2D eigenvalue weighted by atomic mass is 31.2. The van der Waals surface area contributed by atoms with E-state index < -0.39 is 31.8 Å². The Morgan fingerprint density at radius 2 is 2.06 bits per heavy atom. The van der Waals surface area contributed by atoms with E-state index in [1.165, 1.54) is 0 Å². The van der Waals surface area contributed by atoms with Crippen LogP contribution in [0, 0.1) is 0 Å². The SMILES string of the molecule is CCOC(=O)C(CCC(N)=O)NCP(=O)(O)O. The van der Waals surface area contributed by atoms with Crippen LogP contribution in [0.3, 0.4) is 0 Å². The largest absolute Gasteiger partial charge is 0.465 e. The second-order valence-electron chi connectivity index (χ2n) is 3.34. The molecule has 0 saturated heterocycles. The molecule has 0 saturated carbocycles. The van der Waals surface area contributed by atoms with E-state index in [0.717, 1.165) is 0 Å². The number of nitrogens with two attached hydrogens (primary N) is 1. The van der Waals surface area contributed by atoms with E-state index in [1.807, 2.05) is 0 Å². The molecule has 17 heavy (non-hydrogen) atoms. The van der Waals surface area contributed by atoms with Crippen LogP contribution in [-0.2, 0) is 18.9 Å². The highest BCUT2D eigenvalue weighted by Crippen LogP contribution is 2.32. The van der Waals surface area contributed by atoms with Crippen molar-refractivity contribution < 1.29 is 28.7 Å². The molecule has 0 heterocycles. The number of hydrogen-bond donors (Lipinski definition) is 4. The van der Waals surface area contributed by atoms with Crippen molar-refractivity contribution in [3.05, 3.63) is 0 Å².